The highest BCUT2D eigenvalue weighted by molar-refractivity contribution is 5.95. The summed E-state index contributed by atoms with van der Waals surface area (Å²) in [6.45, 7) is 3.57. The summed E-state index contributed by atoms with van der Waals surface area (Å²) in [5.41, 5.74) is 0. The molecule has 3 heteroatoms. The molecule has 0 saturated heterocycles. The molecule has 0 heterocycles. The zero-order valence-electron chi connectivity index (χ0n) is 10.8. The number of unbranched alkanes of at least 4 members (excludes halogenated alkanes) is 4. The van der Waals surface area contributed by atoms with Crippen LogP contribution in [-0.2, 0) is 14.3 Å². The van der Waals surface area contributed by atoms with E-state index in [1.807, 2.05) is 0 Å². The first-order valence-electron chi connectivity index (χ1n) is 6.54. The van der Waals surface area contributed by atoms with Crippen molar-refractivity contribution in [3.63, 3.8) is 0 Å². The van der Waals surface area contributed by atoms with E-state index in [1.165, 1.54) is 26.2 Å². The van der Waals surface area contributed by atoms with Gasteiger partial charge in [0.15, 0.2) is 5.78 Å². The number of allylic oxidation sites excluding steroid dienone is 1. The van der Waals surface area contributed by atoms with Crippen LogP contribution in [0.2, 0.25) is 0 Å². The third-order valence-corrected chi connectivity index (χ3v) is 3.13. The van der Waals surface area contributed by atoms with Crippen LogP contribution in [0.1, 0.15) is 52.4 Å². The average molecular weight is 238 g/mol. The second kappa shape index (κ2) is 7.25. The summed E-state index contributed by atoms with van der Waals surface area (Å²) >= 11 is 0. The molecule has 0 aromatic heterocycles. The quantitative estimate of drug-likeness (QED) is 0.506. The lowest BCUT2D eigenvalue weighted by Crippen LogP contribution is -2.25. The van der Waals surface area contributed by atoms with E-state index >= 15 is 0 Å². The predicted octanol–water partition coefficient (Wildman–Crippen LogP) is 3.03. The normalized spacial score (nSPS) is 23.1. The molecule has 17 heavy (non-hydrogen) atoms. The van der Waals surface area contributed by atoms with Gasteiger partial charge in [-0.3, -0.25) is 9.59 Å². The molecule has 0 spiro atoms. The molecule has 1 aliphatic rings. The van der Waals surface area contributed by atoms with E-state index in [9.17, 15) is 9.59 Å². The summed E-state index contributed by atoms with van der Waals surface area (Å²) < 4.78 is 5.13. The van der Waals surface area contributed by atoms with Gasteiger partial charge < -0.3 is 4.74 Å². The molecule has 0 aliphatic heterocycles. The molecule has 2 unspecified atom stereocenters. The van der Waals surface area contributed by atoms with Crippen LogP contribution < -0.4 is 0 Å². The minimum Gasteiger partial charge on any atom is -0.458 e. The Morgan fingerprint density at radius 1 is 1.29 bits per heavy atom. The molecule has 0 amide bonds. The van der Waals surface area contributed by atoms with Crippen molar-refractivity contribution >= 4 is 11.8 Å². The van der Waals surface area contributed by atoms with Crippen molar-refractivity contribution in [1.29, 1.82) is 0 Å². The van der Waals surface area contributed by atoms with Gasteiger partial charge in [0.1, 0.15) is 6.10 Å². The maximum absolute atomic E-state index is 11.6. The van der Waals surface area contributed by atoms with Gasteiger partial charge in [0.05, 0.1) is 5.92 Å². The molecule has 0 saturated carbocycles. The van der Waals surface area contributed by atoms with Gasteiger partial charge in [-0.2, -0.15) is 0 Å². The van der Waals surface area contributed by atoms with Crippen molar-refractivity contribution in [3.8, 4) is 0 Å². The number of hydrogen-bond acceptors (Lipinski definition) is 3. The van der Waals surface area contributed by atoms with E-state index in [2.05, 4.69) is 6.92 Å². The molecule has 0 bridgehead atoms. The van der Waals surface area contributed by atoms with E-state index < -0.39 is 0 Å². The lowest BCUT2D eigenvalue weighted by molar-refractivity contribution is -0.146. The topological polar surface area (TPSA) is 43.4 Å². The van der Waals surface area contributed by atoms with Crippen molar-refractivity contribution in [3.05, 3.63) is 12.2 Å². The van der Waals surface area contributed by atoms with Crippen molar-refractivity contribution in [2.75, 3.05) is 0 Å². The van der Waals surface area contributed by atoms with Gasteiger partial charge in [0, 0.05) is 6.92 Å². The number of carbonyl (C=O) groups excluding carboxylic acids is 2. The van der Waals surface area contributed by atoms with Crippen LogP contribution in [0.4, 0.5) is 0 Å². The Morgan fingerprint density at radius 3 is 2.65 bits per heavy atom. The van der Waals surface area contributed by atoms with Crippen LogP contribution >= 0.6 is 0 Å². The van der Waals surface area contributed by atoms with Crippen LogP contribution in [0, 0.1) is 5.92 Å². The van der Waals surface area contributed by atoms with E-state index in [-0.39, 0.29) is 23.8 Å². The fourth-order valence-corrected chi connectivity index (χ4v) is 2.20. The van der Waals surface area contributed by atoms with Crippen molar-refractivity contribution in [1.82, 2.24) is 0 Å². The van der Waals surface area contributed by atoms with E-state index in [0.29, 0.717) is 0 Å². The SMILES string of the molecule is CCCCCCCC1C(=O)C=CC1OC(C)=O. The lowest BCUT2D eigenvalue weighted by atomic mass is 9.95. The summed E-state index contributed by atoms with van der Waals surface area (Å²) in [5, 5.41) is 0. The molecule has 2 atom stereocenters. The third-order valence-electron chi connectivity index (χ3n) is 3.13. The van der Waals surface area contributed by atoms with E-state index in [1.54, 1.807) is 12.2 Å². The van der Waals surface area contributed by atoms with Gasteiger partial charge >= 0.3 is 5.97 Å². The predicted molar refractivity (Wildman–Crippen MR) is 66.6 cm³/mol. The van der Waals surface area contributed by atoms with Gasteiger partial charge in [-0.05, 0) is 18.6 Å². The molecule has 0 aromatic carbocycles. The molecule has 96 valence electrons. The molecular formula is C14H22O3. The molecular weight excluding hydrogens is 216 g/mol. The Kier molecular flexibility index (Phi) is 5.95. The monoisotopic (exact) mass is 238 g/mol. The van der Waals surface area contributed by atoms with Crippen LogP contribution in [0.25, 0.3) is 0 Å². The summed E-state index contributed by atoms with van der Waals surface area (Å²) in [6.07, 6.45) is 9.65. The summed E-state index contributed by atoms with van der Waals surface area (Å²) in [4.78, 5) is 22.5. The molecule has 1 aliphatic carbocycles. The van der Waals surface area contributed by atoms with E-state index in [0.717, 1.165) is 19.3 Å². The van der Waals surface area contributed by atoms with Crippen LogP contribution in [-0.4, -0.2) is 17.9 Å². The number of esters is 1. The van der Waals surface area contributed by atoms with Gasteiger partial charge in [-0.1, -0.05) is 39.0 Å². The second-order valence-electron chi connectivity index (χ2n) is 4.64. The molecule has 0 N–H and O–H groups in total. The molecule has 0 fully saturated rings. The minimum atomic E-state index is -0.328. The van der Waals surface area contributed by atoms with Crippen LogP contribution in [0.5, 0.6) is 0 Å². The summed E-state index contributed by atoms with van der Waals surface area (Å²) in [5.74, 6) is -0.349. The Bertz CT molecular complexity index is 294. The number of carbonyl (C=O) groups is 2. The van der Waals surface area contributed by atoms with Crippen molar-refractivity contribution in [2.45, 2.75) is 58.5 Å². The van der Waals surface area contributed by atoms with Gasteiger partial charge in [-0.15, -0.1) is 0 Å². The summed E-state index contributed by atoms with van der Waals surface area (Å²) in [6, 6.07) is 0. The van der Waals surface area contributed by atoms with Gasteiger partial charge in [0.2, 0.25) is 0 Å². The number of ketones is 1. The largest absolute Gasteiger partial charge is 0.458 e. The first-order chi connectivity index (χ1) is 8.15. The maximum atomic E-state index is 11.6. The molecule has 0 aromatic rings. The minimum absolute atomic E-state index is 0.103. The number of ether oxygens (including phenoxy) is 1. The highest BCUT2D eigenvalue weighted by Crippen LogP contribution is 2.24. The zero-order valence-corrected chi connectivity index (χ0v) is 10.8. The standard InChI is InChI=1S/C14H22O3/c1-3-4-5-6-7-8-12-13(16)9-10-14(12)17-11(2)15/h9-10,12,14H,3-8H2,1-2H3. The van der Waals surface area contributed by atoms with Crippen molar-refractivity contribution in [2.24, 2.45) is 5.92 Å². The highest BCUT2D eigenvalue weighted by atomic mass is 16.5. The van der Waals surface area contributed by atoms with Gasteiger partial charge in [-0.25, -0.2) is 0 Å². The molecule has 1 rings (SSSR count). The van der Waals surface area contributed by atoms with Crippen LogP contribution in [0.15, 0.2) is 12.2 Å². The Morgan fingerprint density at radius 2 is 2.00 bits per heavy atom. The second-order valence-corrected chi connectivity index (χ2v) is 4.64. The fourth-order valence-electron chi connectivity index (χ4n) is 2.20. The van der Waals surface area contributed by atoms with E-state index in [4.69, 9.17) is 4.74 Å². The number of rotatable bonds is 7. The molecule has 0 radical (unpaired) electrons. The first-order valence-corrected chi connectivity index (χ1v) is 6.54. The third kappa shape index (κ3) is 4.72. The zero-order chi connectivity index (χ0) is 12.7. The van der Waals surface area contributed by atoms with Crippen molar-refractivity contribution < 1.29 is 14.3 Å². The Hall–Kier alpha value is -1.12. The number of hydrogen-bond donors (Lipinski definition) is 0. The Balaban J connectivity index is 2.29. The highest BCUT2D eigenvalue weighted by Gasteiger charge is 2.31. The lowest BCUT2D eigenvalue weighted by Gasteiger charge is -2.17. The maximum Gasteiger partial charge on any atom is 0.303 e. The average Bonchev–Trinajstić information content (AvgIpc) is 2.60. The van der Waals surface area contributed by atoms with Gasteiger partial charge in [0.25, 0.3) is 0 Å². The Labute approximate surface area is 103 Å². The molecule has 3 nitrogen and oxygen atoms in total. The fraction of sp³-hybridized carbons (Fsp3) is 0.714. The smallest absolute Gasteiger partial charge is 0.303 e. The van der Waals surface area contributed by atoms with Crippen LogP contribution in [0.3, 0.4) is 0 Å². The first kappa shape index (κ1) is 13.9. The summed E-state index contributed by atoms with van der Waals surface area (Å²) in [7, 11) is 0.